The van der Waals surface area contributed by atoms with Crippen molar-refractivity contribution < 1.29 is 18.7 Å². The lowest BCUT2D eigenvalue weighted by atomic mass is 10.1. The number of hydrogen-bond donors (Lipinski definition) is 2. The number of carbonyl (C=O) groups is 1. The van der Waals surface area contributed by atoms with E-state index in [2.05, 4.69) is 36.5 Å². The fourth-order valence-corrected chi connectivity index (χ4v) is 4.66. The van der Waals surface area contributed by atoms with Crippen LogP contribution in [0.1, 0.15) is 5.56 Å². The molecule has 0 fully saturated rings. The Kier molecular flexibility index (Phi) is 9.61. The lowest BCUT2D eigenvalue weighted by Crippen LogP contribution is -2.31. The third-order valence-electron chi connectivity index (χ3n) is 5.72. The zero-order chi connectivity index (χ0) is 27.9. The topological polar surface area (TPSA) is 85.4 Å². The van der Waals surface area contributed by atoms with Crippen molar-refractivity contribution in [2.24, 2.45) is 0 Å². The smallest absolute Gasteiger partial charge is 0.239 e. The van der Waals surface area contributed by atoms with Gasteiger partial charge in [-0.1, -0.05) is 57.3 Å². The van der Waals surface area contributed by atoms with E-state index in [1.165, 1.54) is 12.1 Å². The largest absolute Gasteiger partial charge is 0.493 e. The second-order valence-electron chi connectivity index (χ2n) is 8.36. The van der Waals surface area contributed by atoms with Crippen LogP contribution in [0.5, 0.6) is 11.5 Å². The summed E-state index contributed by atoms with van der Waals surface area (Å²) < 4.78 is 25.7. The van der Waals surface area contributed by atoms with Gasteiger partial charge in [0, 0.05) is 22.1 Å². The van der Waals surface area contributed by atoms with Crippen molar-refractivity contribution in [2.75, 3.05) is 32.6 Å². The molecule has 3 aromatic carbocycles. The lowest BCUT2D eigenvalue weighted by molar-refractivity contribution is -0.119. The average Bonchev–Trinajstić information content (AvgIpc) is 2.93. The minimum Gasteiger partial charge on any atom is -0.493 e. The number of ether oxygens (including phenoxy) is 2. The SMILES string of the molecule is COc1ccc(CCNC(=O)CNc2nc(-c3cccc(Br)c3)cc(-c3cc(F)c(Cl)cc3Cl)n2)cc1OC. The van der Waals surface area contributed by atoms with Gasteiger partial charge in [0.25, 0.3) is 0 Å². The molecular formula is C28H24BrCl2FN4O3. The molecule has 1 amide bonds. The number of benzene rings is 3. The van der Waals surface area contributed by atoms with Crippen molar-refractivity contribution in [3.63, 3.8) is 0 Å². The first-order valence-corrected chi connectivity index (χ1v) is 13.3. The van der Waals surface area contributed by atoms with E-state index in [9.17, 15) is 9.18 Å². The molecule has 4 rings (SSSR count). The number of hydrogen-bond acceptors (Lipinski definition) is 6. The lowest BCUT2D eigenvalue weighted by Gasteiger charge is -2.12. The molecule has 39 heavy (non-hydrogen) atoms. The number of rotatable bonds is 10. The maximum absolute atomic E-state index is 14.3. The number of carbonyl (C=O) groups excluding carboxylic acids is 1. The second-order valence-corrected chi connectivity index (χ2v) is 10.1. The quantitative estimate of drug-likeness (QED) is 0.187. The Hall–Kier alpha value is -3.40. The predicted octanol–water partition coefficient (Wildman–Crippen LogP) is 6.81. The summed E-state index contributed by atoms with van der Waals surface area (Å²) in [7, 11) is 3.15. The van der Waals surface area contributed by atoms with Gasteiger partial charge >= 0.3 is 0 Å². The molecule has 1 heterocycles. The van der Waals surface area contributed by atoms with Crippen LogP contribution in [0.25, 0.3) is 22.5 Å². The molecule has 0 atom stereocenters. The number of halogens is 4. The molecule has 0 bridgehead atoms. The van der Waals surface area contributed by atoms with Gasteiger partial charge in [0.15, 0.2) is 11.5 Å². The van der Waals surface area contributed by atoms with Crippen molar-refractivity contribution in [1.82, 2.24) is 15.3 Å². The molecule has 0 unspecified atom stereocenters. The average molecular weight is 634 g/mol. The summed E-state index contributed by atoms with van der Waals surface area (Å²) in [6.45, 7) is 0.343. The first-order valence-electron chi connectivity index (χ1n) is 11.8. The summed E-state index contributed by atoms with van der Waals surface area (Å²) >= 11 is 15.7. The third-order valence-corrected chi connectivity index (χ3v) is 6.82. The molecule has 0 aliphatic heterocycles. The number of nitrogens with zero attached hydrogens (tertiary/aromatic N) is 2. The molecule has 0 saturated carbocycles. The van der Waals surface area contributed by atoms with Crippen molar-refractivity contribution in [3.05, 3.63) is 86.6 Å². The number of anilines is 1. The van der Waals surface area contributed by atoms with Crippen molar-refractivity contribution in [1.29, 1.82) is 0 Å². The van der Waals surface area contributed by atoms with Crippen LogP contribution in [0.4, 0.5) is 10.3 Å². The minimum absolute atomic E-state index is 0.0734. The van der Waals surface area contributed by atoms with E-state index in [0.29, 0.717) is 41.4 Å². The highest BCUT2D eigenvalue weighted by molar-refractivity contribution is 9.10. The van der Waals surface area contributed by atoms with Crippen LogP contribution < -0.4 is 20.1 Å². The fourth-order valence-electron chi connectivity index (χ4n) is 3.78. The van der Waals surface area contributed by atoms with Crippen LogP contribution in [0.15, 0.2) is 65.1 Å². The summed E-state index contributed by atoms with van der Waals surface area (Å²) in [4.78, 5) is 21.6. The Morgan fingerprint density at radius 2 is 1.72 bits per heavy atom. The Morgan fingerprint density at radius 3 is 2.46 bits per heavy atom. The molecule has 202 valence electrons. The summed E-state index contributed by atoms with van der Waals surface area (Å²) in [5.41, 5.74) is 3.06. The zero-order valence-electron chi connectivity index (χ0n) is 21.0. The molecule has 7 nitrogen and oxygen atoms in total. The van der Waals surface area contributed by atoms with E-state index in [1.54, 1.807) is 20.3 Å². The highest BCUT2D eigenvalue weighted by Gasteiger charge is 2.15. The maximum Gasteiger partial charge on any atom is 0.239 e. The molecule has 2 N–H and O–H groups in total. The Balaban J connectivity index is 1.49. The first kappa shape index (κ1) is 28.6. The van der Waals surface area contributed by atoms with Crippen LogP contribution in [0, 0.1) is 5.82 Å². The Morgan fingerprint density at radius 1 is 0.949 bits per heavy atom. The molecule has 0 spiro atoms. The van der Waals surface area contributed by atoms with Gasteiger partial charge in [-0.2, -0.15) is 0 Å². The van der Waals surface area contributed by atoms with Gasteiger partial charge < -0.3 is 20.1 Å². The number of methoxy groups -OCH3 is 2. The van der Waals surface area contributed by atoms with E-state index in [-0.39, 0.29) is 28.4 Å². The van der Waals surface area contributed by atoms with Crippen molar-refractivity contribution in [3.8, 4) is 34.0 Å². The van der Waals surface area contributed by atoms with Crippen molar-refractivity contribution in [2.45, 2.75) is 6.42 Å². The molecular weight excluding hydrogens is 610 g/mol. The summed E-state index contributed by atoms with van der Waals surface area (Å²) in [6.07, 6.45) is 0.603. The number of nitrogens with one attached hydrogen (secondary N) is 2. The van der Waals surface area contributed by atoms with Gasteiger partial charge in [-0.05, 0) is 54.4 Å². The molecule has 0 aliphatic rings. The van der Waals surface area contributed by atoms with Crippen LogP contribution in [0.3, 0.4) is 0 Å². The van der Waals surface area contributed by atoms with E-state index >= 15 is 0 Å². The Bertz CT molecular complexity index is 1510. The molecule has 11 heteroatoms. The molecule has 4 aromatic rings. The van der Waals surface area contributed by atoms with E-state index < -0.39 is 5.82 Å². The van der Waals surface area contributed by atoms with Gasteiger partial charge in [-0.3, -0.25) is 4.79 Å². The highest BCUT2D eigenvalue weighted by Crippen LogP contribution is 2.34. The Labute approximate surface area is 243 Å². The molecule has 0 aliphatic carbocycles. The van der Waals surface area contributed by atoms with Gasteiger partial charge in [0.05, 0.1) is 42.2 Å². The summed E-state index contributed by atoms with van der Waals surface area (Å²) in [6, 6.07) is 17.4. The van der Waals surface area contributed by atoms with Crippen LogP contribution in [-0.4, -0.2) is 43.2 Å². The van der Waals surface area contributed by atoms with Gasteiger partial charge in [-0.25, -0.2) is 14.4 Å². The highest BCUT2D eigenvalue weighted by atomic mass is 79.9. The molecule has 0 radical (unpaired) electrons. The second kappa shape index (κ2) is 13.1. The first-order chi connectivity index (χ1) is 18.8. The monoisotopic (exact) mass is 632 g/mol. The maximum atomic E-state index is 14.3. The standard InChI is InChI=1S/C28H24BrCl2FN4O3/c1-38-25-7-6-16(10-26(25)39-2)8-9-33-27(37)15-34-28-35-23(17-4-3-5-18(29)11-17)14-24(36-28)19-12-22(32)21(31)13-20(19)30/h3-7,10-14H,8-9,15H2,1-2H3,(H,33,37)(H,34,35,36). The predicted molar refractivity (Wildman–Crippen MR) is 155 cm³/mol. The molecule has 1 aromatic heterocycles. The van der Waals surface area contributed by atoms with E-state index in [1.807, 2.05) is 42.5 Å². The van der Waals surface area contributed by atoms with Crippen LogP contribution >= 0.6 is 39.1 Å². The normalized spacial score (nSPS) is 10.7. The number of amides is 1. The van der Waals surface area contributed by atoms with Crippen molar-refractivity contribution >= 4 is 51.0 Å². The van der Waals surface area contributed by atoms with E-state index in [4.69, 9.17) is 32.7 Å². The molecule has 0 saturated heterocycles. The number of aromatic nitrogens is 2. The third kappa shape index (κ3) is 7.38. The van der Waals surface area contributed by atoms with Gasteiger partial charge in [0.2, 0.25) is 11.9 Å². The fraction of sp³-hybridized carbons (Fsp3) is 0.179. The summed E-state index contributed by atoms with van der Waals surface area (Å²) in [5.74, 6) is 0.582. The van der Waals surface area contributed by atoms with E-state index in [0.717, 1.165) is 15.6 Å². The summed E-state index contributed by atoms with van der Waals surface area (Å²) in [5, 5.41) is 5.98. The zero-order valence-corrected chi connectivity index (χ0v) is 24.1. The van der Waals surface area contributed by atoms with Gasteiger partial charge in [0.1, 0.15) is 5.82 Å². The van der Waals surface area contributed by atoms with Crippen LogP contribution in [0.2, 0.25) is 10.0 Å². The van der Waals surface area contributed by atoms with Crippen LogP contribution in [-0.2, 0) is 11.2 Å². The minimum atomic E-state index is -0.623. The van der Waals surface area contributed by atoms with Gasteiger partial charge in [-0.15, -0.1) is 0 Å².